The second-order valence-electron chi connectivity index (χ2n) is 2.36. The average Bonchev–Trinajstić information content (AvgIpc) is 2.09. The van der Waals surface area contributed by atoms with E-state index in [1.54, 1.807) is 6.21 Å². The normalized spacial score (nSPS) is 11.4. The Labute approximate surface area is 71.6 Å². The zero-order chi connectivity index (χ0) is 8.81. The summed E-state index contributed by atoms with van der Waals surface area (Å²) in [4.78, 5) is 4.14. The van der Waals surface area contributed by atoms with Gasteiger partial charge in [-0.3, -0.25) is 4.99 Å². The predicted octanol–water partition coefficient (Wildman–Crippen LogP) is 1.64. The van der Waals surface area contributed by atoms with Crippen LogP contribution in [0.5, 0.6) is 0 Å². The fraction of sp³-hybridized carbons (Fsp3) is 0.111. The molecule has 1 aromatic carbocycles. The Morgan fingerprint density at radius 3 is 2.67 bits per heavy atom. The number of para-hydroxylation sites is 1. The highest BCUT2D eigenvalue weighted by Gasteiger charge is 1.89. The fourth-order valence-corrected chi connectivity index (χ4v) is 0.860. The molecule has 0 aliphatic heterocycles. The molecule has 0 unspecified atom stereocenters. The van der Waals surface area contributed by atoms with Gasteiger partial charge < -0.3 is 5.84 Å². The van der Waals surface area contributed by atoms with Crippen molar-refractivity contribution in [1.29, 1.82) is 0 Å². The summed E-state index contributed by atoms with van der Waals surface area (Å²) in [6, 6.07) is 7.87. The molecular weight excluding hydrogens is 150 g/mol. The lowest BCUT2D eigenvalue weighted by Gasteiger charge is -1.95. The van der Waals surface area contributed by atoms with Gasteiger partial charge in [0.15, 0.2) is 0 Å². The highest BCUT2D eigenvalue weighted by Crippen LogP contribution is 2.15. The molecule has 62 valence electrons. The molecule has 0 bridgehead atoms. The molecule has 0 fully saturated rings. The van der Waals surface area contributed by atoms with E-state index in [0.29, 0.717) is 0 Å². The smallest absolute Gasteiger partial charge is 0.0659 e. The van der Waals surface area contributed by atoms with E-state index in [2.05, 4.69) is 10.1 Å². The molecular formula is C9H11N3. The monoisotopic (exact) mass is 161 g/mol. The van der Waals surface area contributed by atoms with E-state index >= 15 is 0 Å². The second kappa shape index (κ2) is 4.28. The van der Waals surface area contributed by atoms with Crippen LogP contribution in [-0.4, -0.2) is 12.4 Å². The van der Waals surface area contributed by atoms with Crippen molar-refractivity contribution in [1.82, 2.24) is 0 Å². The van der Waals surface area contributed by atoms with Crippen LogP contribution in [0.15, 0.2) is 34.4 Å². The lowest BCUT2D eigenvalue weighted by atomic mass is 10.2. The van der Waals surface area contributed by atoms with Gasteiger partial charge in [0, 0.05) is 6.21 Å². The zero-order valence-electron chi connectivity index (χ0n) is 6.94. The summed E-state index contributed by atoms with van der Waals surface area (Å²) in [6.45, 7) is 2.01. The molecule has 0 atom stereocenters. The summed E-state index contributed by atoms with van der Waals surface area (Å²) < 4.78 is 0. The standard InChI is InChI=1S/C9H11N3/c1-8-4-2-3-5-9(8)11-6-7-12-10/h2-7H,10H2,1H3/b11-6-,12-7-. The van der Waals surface area contributed by atoms with Crippen LogP contribution in [0.4, 0.5) is 5.69 Å². The van der Waals surface area contributed by atoms with Gasteiger partial charge in [-0.1, -0.05) is 18.2 Å². The third kappa shape index (κ3) is 2.20. The first-order valence-corrected chi connectivity index (χ1v) is 3.66. The molecule has 0 radical (unpaired) electrons. The van der Waals surface area contributed by atoms with Crippen molar-refractivity contribution in [2.45, 2.75) is 6.92 Å². The van der Waals surface area contributed by atoms with Crippen LogP contribution in [0.25, 0.3) is 0 Å². The molecule has 0 spiro atoms. The number of nitrogens with zero attached hydrogens (tertiary/aromatic N) is 2. The molecule has 1 rings (SSSR count). The van der Waals surface area contributed by atoms with Crippen molar-refractivity contribution in [3.8, 4) is 0 Å². The molecule has 0 aliphatic rings. The summed E-state index contributed by atoms with van der Waals surface area (Å²) in [5.41, 5.74) is 2.08. The largest absolute Gasteiger partial charge is 0.323 e. The van der Waals surface area contributed by atoms with Crippen molar-refractivity contribution in [3.63, 3.8) is 0 Å². The fourth-order valence-electron chi connectivity index (χ4n) is 0.860. The number of benzene rings is 1. The van der Waals surface area contributed by atoms with Crippen LogP contribution >= 0.6 is 0 Å². The topological polar surface area (TPSA) is 50.7 Å². The molecule has 2 N–H and O–H groups in total. The van der Waals surface area contributed by atoms with Gasteiger partial charge in [-0.25, -0.2) is 0 Å². The number of hydrogen-bond acceptors (Lipinski definition) is 3. The lowest BCUT2D eigenvalue weighted by molar-refractivity contribution is 1.27. The quantitative estimate of drug-likeness (QED) is 0.400. The molecule has 3 heteroatoms. The van der Waals surface area contributed by atoms with Gasteiger partial charge in [-0.2, -0.15) is 5.10 Å². The molecule has 0 saturated carbocycles. The molecule has 0 saturated heterocycles. The SMILES string of the molecule is Cc1ccccc1/N=C\C=N/N. The Morgan fingerprint density at radius 1 is 1.25 bits per heavy atom. The van der Waals surface area contributed by atoms with Crippen LogP contribution in [0, 0.1) is 6.92 Å². The third-order valence-corrected chi connectivity index (χ3v) is 1.48. The summed E-state index contributed by atoms with van der Waals surface area (Å²) in [5.74, 6) is 4.91. The molecule has 0 aliphatic carbocycles. The maximum Gasteiger partial charge on any atom is 0.0659 e. The molecule has 0 heterocycles. The lowest BCUT2D eigenvalue weighted by Crippen LogP contribution is -1.83. The van der Waals surface area contributed by atoms with Gasteiger partial charge in [-0.15, -0.1) is 0 Å². The highest BCUT2D eigenvalue weighted by molar-refractivity contribution is 6.16. The maximum atomic E-state index is 4.91. The van der Waals surface area contributed by atoms with E-state index in [4.69, 9.17) is 5.84 Å². The molecule has 12 heavy (non-hydrogen) atoms. The molecule has 0 aromatic heterocycles. The van der Waals surface area contributed by atoms with Gasteiger partial charge in [0.25, 0.3) is 0 Å². The van der Waals surface area contributed by atoms with Crippen LogP contribution in [-0.2, 0) is 0 Å². The van der Waals surface area contributed by atoms with E-state index in [9.17, 15) is 0 Å². The van der Waals surface area contributed by atoms with E-state index in [-0.39, 0.29) is 0 Å². The summed E-state index contributed by atoms with van der Waals surface area (Å²) in [6.07, 6.45) is 3.02. The zero-order valence-corrected chi connectivity index (χ0v) is 6.94. The minimum atomic E-state index is 0.942. The first kappa shape index (κ1) is 8.46. The van der Waals surface area contributed by atoms with E-state index in [1.807, 2.05) is 31.2 Å². The first-order chi connectivity index (χ1) is 5.84. The number of nitrogens with two attached hydrogens (primary N) is 1. The minimum absolute atomic E-state index is 0.942. The number of aryl methyl sites for hydroxylation is 1. The number of hydrogen-bond donors (Lipinski definition) is 1. The Bertz CT molecular complexity index is 302. The van der Waals surface area contributed by atoms with E-state index in [1.165, 1.54) is 6.21 Å². The average molecular weight is 161 g/mol. The number of aliphatic imine (C=N–C) groups is 1. The maximum absolute atomic E-state index is 4.91. The van der Waals surface area contributed by atoms with Crippen molar-refractivity contribution < 1.29 is 0 Å². The van der Waals surface area contributed by atoms with Crippen molar-refractivity contribution in [2.24, 2.45) is 15.9 Å². The Hall–Kier alpha value is -1.64. The van der Waals surface area contributed by atoms with Gasteiger partial charge in [0.2, 0.25) is 0 Å². The summed E-state index contributed by atoms with van der Waals surface area (Å²) >= 11 is 0. The van der Waals surface area contributed by atoms with E-state index in [0.717, 1.165) is 11.3 Å². The summed E-state index contributed by atoms with van der Waals surface area (Å²) in [7, 11) is 0. The number of rotatable bonds is 2. The van der Waals surface area contributed by atoms with Crippen molar-refractivity contribution in [2.75, 3.05) is 0 Å². The Kier molecular flexibility index (Phi) is 3.02. The van der Waals surface area contributed by atoms with Gasteiger partial charge in [0.05, 0.1) is 11.9 Å². The molecule has 0 amide bonds. The van der Waals surface area contributed by atoms with Crippen LogP contribution < -0.4 is 5.84 Å². The minimum Gasteiger partial charge on any atom is -0.323 e. The van der Waals surface area contributed by atoms with Crippen LogP contribution in [0.2, 0.25) is 0 Å². The predicted molar refractivity (Wildman–Crippen MR) is 52.0 cm³/mol. The van der Waals surface area contributed by atoms with Gasteiger partial charge >= 0.3 is 0 Å². The molecule has 1 aromatic rings. The van der Waals surface area contributed by atoms with Crippen molar-refractivity contribution in [3.05, 3.63) is 29.8 Å². The Balaban J connectivity index is 2.82. The number of hydrazone groups is 1. The second-order valence-corrected chi connectivity index (χ2v) is 2.36. The first-order valence-electron chi connectivity index (χ1n) is 3.66. The highest BCUT2D eigenvalue weighted by atomic mass is 15.1. The van der Waals surface area contributed by atoms with Crippen LogP contribution in [0.1, 0.15) is 5.56 Å². The van der Waals surface area contributed by atoms with Gasteiger partial charge in [-0.05, 0) is 18.6 Å². The van der Waals surface area contributed by atoms with Crippen molar-refractivity contribution >= 4 is 18.1 Å². The molecule has 3 nitrogen and oxygen atoms in total. The van der Waals surface area contributed by atoms with Crippen LogP contribution in [0.3, 0.4) is 0 Å². The third-order valence-electron chi connectivity index (χ3n) is 1.48. The Morgan fingerprint density at radius 2 is 2.00 bits per heavy atom. The van der Waals surface area contributed by atoms with Gasteiger partial charge in [0.1, 0.15) is 0 Å². The summed E-state index contributed by atoms with van der Waals surface area (Å²) in [5, 5.41) is 3.31. The van der Waals surface area contributed by atoms with E-state index < -0.39 is 0 Å².